The summed E-state index contributed by atoms with van der Waals surface area (Å²) in [5, 5.41) is 0. The Hall–Kier alpha value is -2.13. The lowest BCUT2D eigenvalue weighted by molar-refractivity contribution is 0.0302. The van der Waals surface area contributed by atoms with Crippen molar-refractivity contribution in [3.63, 3.8) is 0 Å². The second kappa shape index (κ2) is 9.00. The molecule has 0 bridgehead atoms. The zero-order valence-electron chi connectivity index (χ0n) is 15.7. The molecule has 146 valence electrons. The third-order valence-electron chi connectivity index (χ3n) is 3.12. The molecule has 1 N–H and O–H groups in total. The summed E-state index contributed by atoms with van der Waals surface area (Å²) >= 11 is 0. The van der Waals surface area contributed by atoms with Crippen LogP contribution >= 0.6 is 0 Å². The molecule has 1 rings (SSSR count). The van der Waals surface area contributed by atoms with Gasteiger partial charge in [-0.3, -0.25) is 0 Å². The second-order valence-corrected chi connectivity index (χ2v) is 8.31. The summed E-state index contributed by atoms with van der Waals surface area (Å²) in [5.74, 6) is -0.511. The van der Waals surface area contributed by atoms with Gasteiger partial charge in [-0.25, -0.2) is 22.7 Å². The molecule has 0 fully saturated rings. The molecule has 0 unspecified atom stereocenters. The predicted octanol–water partition coefficient (Wildman–Crippen LogP) is 2.01. The Kier molecular flexibility index (Phi) is 7.58. The van der Waals surface area contributed by atoms with Gasteiger partial charge in [0.1, 0.15) is 5.60 Å². The monoisotopic (exact) mass is 386 g/mol. The van der Waals surface area contributed by atoms with Crippen LogP contribution in [0.1, 0.15) is 38.1 Å². The largest absolute Gasteiger partial charge is 0.462 e. The topological polar surface area (TPSA) is 102 Å². The average Bonchev–Trinajstić information content (AvgIpc) is 2.53. The number of hydrogen-bond donors (Lipinski definition) is 1. The Bertz CT molecular complexity index is 723. The van der Waals surface area contributed by atoms with E-state index in [4.69, 9.17) is 9.47 Å². The molecule has 0 aliphatic heterocycles. The summed E-state index contributed by atoms with van der Waals surface area (Å²) < 4.78 is 37.0. The number of carbonyl (C=O) groups excluding carboxylic acids is 2. The molecular weight excluding hydrogens is 360 g/mol. The Morgan fingerprint density at radius 1 is 1.15 bits per heavy atom. The zero-order chi connectivity index (χ0) is 20.0. The van der Waals surface area contributed by atoms with Crippen molar-refractivity contribution in [3.8, 4) is 0 Å². The number of esters is 1. The Balaban J connectivity index is 2.61. The number of benzene rings is 1. The number of nitrogens with zero attached hydrogens (tertiary/aromatic N) is 1. The van der Waals surface area contributed by atoms with Gasteiger partial charge in [-0.2, -0.15) is 0 Å². The number of carbonyl (C=O) groups is 2. The first-order valence-corrected chi connectivity index (χ1v) is 9.65. The first-order valence-electron chi connectivity index (χ1n) is 8.17. The van der Waals surface area contributed by atoms with Crippen LogP contribution in [0.4, 0.5) is 4.79 Å². The highest BCUT2D eigenvalue weighted by atomic mass is 32.2. The van der Waals surface area contributed by atoms with Crippen LogP contribution in [0.5, 0.6) is 0 Å². The molecule has 8 nitrogen and oxygen atoms in total. The van der Waals surface area contributed by atoms with E-state index in [1.54, 1.807) is 27.7 Å². The first kappa shape index (κ1) is 21.9. The Morgan fingerprint density at radius 3 is 2.23 bits per heavy atom. The SMILES string of the molecule is CCOC(=O)c1ccc(S(=O)(=O)NCCN(C)C(=O)OC(C)(C)C)cc1. The highest BCUT2D eigenvalue weighted by molar-refractivity contribution is 7.89. The van der Waals surface area contributed by atoms with Crippen molar-refractivity contribution < 1.29 is 27.5 Å². The highest BCUT2D eigenvalue weighted by Gasteiger charge is 2.20. The average molecular weight is 386 g/mol. The van der Waals surface area contributed by atoms with E-state index in [0.717, 1.165) is 0 Å². The quantitative estimate of drug-likeness (QED) is 0.719. The number of amides is 1. The molecule has 0 aliphatic carbocycles. The van der Waals surface area contributed by atoms with Gasteiger partial charge in [0.2, 0.25) is 10.0 Å². The van der Waals surface area contributed by atoms with Crippen LogP contribution < -0.4 is 4.72 Å². The van der Waals surface area contributed by atoms with E-state index in [-0.39, 0.29) is 30.2 Å². The number of likely N-dealkylation sites (N-methyl/N-ethyl adjacent to an activating group) is 1. The van der Waals surface area contributed by atoms with E-state index >= 15 is 0 Å². The number of hydrogen-bond acceptors (Lipinski definition) is 6. The van der Waals surface area contributed by atoms with Crippen LogP contribution in [0.15, 0.2) is 29.2 Å². The molecule has 0 heterocycles. The number of ether oxygens (including phenoxy) is 2. The number of nitrogens with one attached hydrogen (secondary N) is 1. The lowest BCUT2D eigenvalue weighted by atomic mass is 10.2. The van der Waals surface area contributed by atoms with Crippen molar-refractivity contribution in [2.75, 3.05) is 26.7 Å². The van der Waals surface area contributed by atoms with Gasteiger partial charge in [0.05, 0.1) is 17.1 Å². The maximum Gasteiger partial charge on any atom is 0.410 e. The Morgan fingerprint density at radius 2 is 1.73 bits per heavy atom. The van der Waals surface area contributed by atoms with Crippen molar-refractivity contribution in [1.29, 1.82) is 0 Å². The number of rotatable bonds is 7. The van der Waals surface area contributed by atoms with Crippen molar-refractivity contribution in [2.24, 2.45) is 0 Å². The summed E-state index contributed by atoms with van der Waals surface area (Å²) in [6.45, 7) is 7.36. The molecule has 26 heavy (non-hydrogen) atoms. The maximum atomic E-state index is 12.3. The third-order valence-corrected chi connectivity index (χ3v) is 4.60. The van der Waals surface area contributed by atoms with Crippen LogP contribution in [0.3, 0.4) is 0 Å². The summed E-state index contributed by atoms with van der Waals surface area (Å²) in [6.07, 6.45) is -0.532. The normalized spacial score (nSPS) is 11.7. The van der Waals surface area contributed by atoms with E-state index < -0.39 is 27.7 Å². The van der Waals surface area contributed by atoms with Crippen molar-refractivity contribution >= 4 is 22.1 Å². The fourth-order valence-electron chi connectivity index (χ4n) is 1.85. The van der Waals surface area contributed by atoms with Gasteiger partial charge in [0.25, 0.3) is 0 Å². The van der Waals surface area contributed by atoms with Gasteiger partial charge >= 0.3 is 12.1 Å². The molecule has 0 aromatic heterocycles. The molecule has 0 aliphatic rings. The van der Waals surface area contributed by atoms with Gasteiger partial charge in [0.15, 0.2) is 0 Å². The zero-order valence-corrected chi connectivity index (χ0v) is 16.6. The molecule has 1 aromatic rings. The van der Waals surface area contributed by atoms with Gasteiger partial charge in [0, 0.05) is 20.1 Å². The van der Waals surface area contributed by atoms with E-state index in [1.165, 1.54) is 36.2 Å². The molecule has 0 atom stereocenters. The van der Waals surface area contributed by atoms with Crippen LogP contribution in [0, 0.1) is 0 Å². The third kappa shape index (κ3) is 7.01. The minimum absolute atomic E-state index is 0.0190. The smallest absolute Gasteiger partial charge is 0.410 e. The van der Waals surface area contributed by atoms with Gasteiger partial charge < -0.3 is 14.4 Å². The molecule has 0 spiro atoms. The molecule has 1 amide bonds. The van der Waals surface area contributed by atoms with E-state index in [2.05, 4.69) is 4.72 Å². The van der Waals surface area contributed by atoms with Crippen molar-refractivity contribution in [3.05, 3.63) is 29.8 Å². The summed E-state index contributed by atoms with van der Waals surface area (Å²) in [6, 6.07) is 5.43. The van der Waals surface area contributed by atoms with Gasteiger partial charge in [-0.05, 0) is 52.0 Å². The van der Waals surface area contributed by atoms with Crippen molar-refractivity contribution in [1.82, 2.24) is 9.62 Å². The van der Waals surface area contributed by atoms with Crippen molar-refractivity contribution in [2.45, 2.75) is 38.2 Å². The summed E-state index contributed by atoms with van der Waals surface area (Å²) in [4.78, 5) is 24.7. The fraction of sp³-hybridized carbons (Fsp3) is 0.529. The minimum atomic E-state index is -3.75. The van der Waals surface area contributed by atoms with E-state index in [0.29, 0.717) is 0 Å². The summed E-state index contributed by atoms with van der Waals surface area (Å²) in [7, 11) is -2.23. The maximum absolute atomic E-state index is 12.3. The lowest BCUT2D eigenvalue weighted by Crippen LogP contribution is -2.39. The first-order chi connectivity index (χ1) is 12.0. The minimum Gasteiger partial charge on any atom is -0.462 e. The van der Waals surface area contributed by atoms with Crippen LogP contribution in [0.25, 0.3) is 0 Å². The van der Waals surface area contributed by atoms with Gasteiger partial charge in [-0.1, -0.05) is 0 Å². The second-order valence-electron chi connectivity index (χ2n) is 6.54. The molecular formula is C17H26N2O6S. The highest BCUT2D eigenvalue weighted by Crippen LogP contribution is 2.12. The molecule has 0 radical (unpaired) electrons. The molecule has 0 saturated carbocycles. The predicted molar refractivity (Wildman–Crippen MR) is 96.5 cm³/mol. The lowest BCUT2D eigenvalue weighted by Gasteiger charge is -2.24. The Labute approximate surface area is 154 Å². The standard InChI is InChI=1S/C17H26N2O6S/c1-6-24-15(20)13-7-9-14(10-8-13)26(22,23)18-11-12-19(5)16(21)25-17(2,3)4/h7-10,18H,6,11-12H2,1-5H3. The summed E-state index contributed by atoms with van der Waals surface area (Å²) in [5.41, 5.74) is -0.346. The molecule has 9 heteroatoms. The van der Waals surface area contributed by atoms with Crippen LogP contribution in [-0.2, 0) is 19.5 Å². The van der Waals surface area contributed by atoms with Crippen LogP contribution in [0.2, 0.25) is 0 Å². The molecule has 0 saturated heterocycles. The molecule has 1 aromatic carbocycles. The van der Waals surface area contributed by atoms with E-state index in [9.17, 15) is 18.0 Å². The van der Waals surface area contributed by atoms with Gasteiger partial charge in [-0.15, -0.1) is 0 Å². The fourth-order valence-corrected chi connectivity index (χ4v) is 2.87. The van der Waals surface area contributed by atoms with E-state index in [1.807, 2.05) is 0 Å². The van der Waals surface area contributed by atoms with Crippen LogP contribution in [-0.4, -0.2) is 57.7 Å². The number of sulfonamides is 1.